The molecule has 27 heavy (non-hydrogen) atoms. The Morgan fingerprint density at radius 1 is 1.15 bits per heavy atom. The monoisotopic (exact) mass is 365 g/mol. The van der Waals surface area contributed by atoms with Crippen LogP contribution in [0.5, 0.6) is 11.6 Å². The molecule has 2 aliphatic carbocycles. The van der Waals surface area contributed by atoms with E-state index in [2.05, 4.69) is 29.4 Å². The number of hydrogen-bond donors (Lipinski definition) is 2. The zero-order valence-electron chi connectivity index (χ0n) is 15.8. The van der Waals surface area contributed by atoms with Gasteiger partial charge in [0.15, 0.2) is 0 Å². The summed E-state index contributed by atoms with van der Waals surface area (Å²) in [7, 11) is 0. The van der Waals surface area contributed by atoms with Crippen LogP contribution >= 0.6 is 0 Å². The van der Waals surface area contributed by atoms with E-state index in [1.165, 1.54) is 43.0 Å². The summed E-state index contributed by atoms with van der Waals surface area (Å²) in [5.74, 6) is 1.63. The number of carbonyl (C=O) groups is 1. The fourth-order valence-electron chi connectivity index (χ4n) is 4.25. The normalized spacial score (nSPS) is 24.4. The summed E-state index contributed by atoms with van der Waals surface area (Å²) in [5.41, 5.74) is 8.37. The number of pyridine rings is 1. The number of rotatable bonds is 5. The Morgan fingerprint density at radius 3 is 2.67 bits per heavy atom. The molecule has 1 unspecified atom stereocenters. The van der Waals surface area contributed by atoms with Gasteiger partial charge in [0.2, 0.25) is 11.8 Å². The van der Waals surface area contributed by atoms with Crippen LogP contribution < -0.4 is 15.8 Å². The number of fused-ring (bicyclic) bond motifs is 1. The average molecular weight is 365 g/mol. The number of hydrogen-bond acceptors (Lipinski definition) is 4. The number of benzene rings is 1. The molecule has 1 aromatic carbocycles. The number of primary amides is 1. The fourth-order valence-corrected chi connectivity index (χ4v) is 4.25. The average Bonchev–Trinajstić information content (AvgIpc) is 3.06. The van der Waals surface area contributed by atoms with Crippen molar-refractivity contribution in [3.63, 3.8) is 0 Å². The molecule has 1 atom stereocenters. The molecule has 3 N–H and O–H groups in total. The molecule has 5 nitrogen and oxygen atoms in total. The fraction of sp³-hybridized carbons (Fsp3) is 0.455. The van der Waals surface area contributed by atoms with Crippen LogP contribution in [0.4, 0.5) is 0 Å². The lowest BCUT2D eigenvalue weighted by Gasteiger charge is -2.30. The van der Waals surface area contributed by atoms with E-state index in [4.69, 9.17) is 10.5 Å². The highest BCUT2D eigenvalue weighted by Crippen LogP contribution is 2.36. The van der Waals surface area contributed by atoms with Crippen molar-refractivity contribution in [2.24, 2.45) is 11.7 Å². The van der Waals surface area contributed by atoms with Gasteiger partial charge < -0.3 is 15.8 Å². The van der Waals surface area contributed by atoms with Crippen molar-refractivity contribution < 1.29 is 9.53 Å². The summed E-state index contributed by atoms with van der Waals surface area (Å²) in [6.45, 7) is 2.36. The minimum Gasteiger partial charge on any atom is -0.439 e. The molecule has 1 fully saturated rings. The Morgan fingerprint density at radius 2 is 1.96 bits per heavy atom. The van der Waals surface area contributed by atoms with Crippen molar-refractivity contribution >= 4 is 5.91 Å². The highest BCUT2D eigenvalue weighted by molar-refractivity contribution is 5.92. The molecule has 142 valence electrons. The van der Waals surface area contributed by atoms with Crippen LogP contribution in [0.25, 0.3) is 0 Å². The maximum Gasteiger partial charge on any atom is 0.250 e. The maximum atomic E-state index is 11.1. The predicted molar refractivity (Wildman–Crippen MR) is 105 cm³/mol. The quantitative estimate of drug-likeness (QED) is 0.835. The molecule has 0 spiro atoms. The third-order valence-corrected chi connectivity index (χ3v) is 5.89. The van der Waals surface area contributed by atoms with Gasteiger partial charge in [-0.2, -0.15) is 0 Å². The molecule has 1 aromatic heterocycles. The van der Waals surface area contributed by atoms with Gasteiger partial charge in [0, 0.05) is 24.3 Å². The lowest BCUT2D eigenvalue weighted by molar-refractivity contribution is 0.1000. The summed E-state index contributed by atoms with van der Waals surface area (Å²) in [4.78, 5) is 15.3. The first-order chi connectivity index (χ1) is 13.1. The summed E-state index contributed by atoms with van der Waals surface area (Å²) < 4.78 is 5.85. The van der Waals surface area contributed by atoms with Crippen LogP contribution in [-0.2, 0) is 6.42 Å². The summed E-state index contributed by atoms with van der Waals surface area (Å²) in [6.07, 6.45) is 8.92. The van der Waals surface area contributed by atoms with Gasteiger partial charge in [-0.05, 0) is 73.8 Å². The molecule has 0 radical (unpaired) electrons. The van der Waals surface area contributed by atoms with Crippen molar-refractivity contribution in [3.05, 3.63) is 53.2 Å². The minimum atomic E-state index is -0.488. The summed E-state index contributed by atoms with van der Waals surface area (Å²) in [5, 5.41) is 3.88. The van der Waals surface area contributed by atoms with Gasteiger partial charge in [-0.3, -0.25) is 4.79 Å². The molecule has 0 bridgehead atoms. The maximum absolute atomic E-state index is 11.1. The smallest absolute Gasteiger partial charge is 0.250 e. The lowest BCUT2D eigenvalue weighted by Crippen LogP contribution is -2.34. The van der Waals surface area contributed by atoms with E-state index in [-0.39, 0.29) is 0 Å². The Balaban J connectivity index is 1.41. The number of carbonyl (C=O) groups excluding carboxylic acids is 1. The third-order valence-electron chi connectivity index (χ3n) is 5.89. The third kappa shape index (κ3) is 4.14. The summed E-state index contributed by atoms with van der Waals surface area (Å²) >= 11 is 0. The number of nitrogens with two attached hydrogens (primary N) is 1. The molecule has 1 saturated carbocycles. The van der Waals surface area contributed by atoms with Gasteiger partial charge in [0.25, 0.3) is 0 Å². The molecule has 2 aromatic rings. The summed E-state index contributed by atoms with van der Waals surface area (Å²) in [6, 6.07) is 10.7. The molecular formula is C22H27N3O2. The van der Waals surface area contributed by atoms with Crippen molar-refractivity contribution in [1.29, 1.82) is 0 Å². The second-order valence-corrected chi connectivity index (χ2v) is 7.93. The van der Waals surface area contributed by atoms with Gasteiger partial charge in [-0.15, -0.1) is 0 Å². The van der Waals surface area contributed by atoms with Crippen LogP contribution in [-0.4, -0.2) is 16.9 Å². The molecule has 5 heteroatoms. The van der Waals surface area contributed by atoms with E-state index in [1.807, 2.05) is 6.07 Å². The molecule has 0 saturated heterocycles. The highest BCUT2D eigenvalue weighted by atomic mass is 16.5. The van der Waals surface area contributed by atoms with Crippen LogP contribution in [0.15, 0.2) is 36.5 Å². The molecule has 0 aliphatic heterocycles. The lowest BCUT2D eigenvalue weighted by atomic mass is 9.87. The Hall–Kier alpha value is -2.40. The molecule has 4 rings (SSSR count). The first kappa shape index (κ1) is 18.0. The molecule has 2 aliphatic rings. The van der Waals surface area contributed by atoms with Crippen LogP contribution in [0, 0.1) is 5.92 Å². The van der Waals surface area contributed by atoms with Gasteiger partial charge in [0.1, 0.15) is 5.75 Å². The Bertz CT molecular complexity index is 811. The van der Waals surface area contributed by atoms with E-state index in [0.29, 0.717) is 23.5 Å². The van der Waals surface area contributed by atoms with Crippen molar-refractivity contribution in [1.82, 2.24) is 10.3 Å². The van der Waals surface area contributed by atoms with E-state index in [9.17, 15) is 4.79 Å². The number of amides is 1. The second kappa shape index (κ2) is 7.69. The van der Waals surface area contributed by atoms with Crippen molar-refractivity contribution in [2.75, 3.05) is 0 Å². The van der Waals surface area contributed by atoms with Gasteiger partial charge in [-0.1, -0.05) is 13.0 Å². The van der Waals surface area contributed by atoms with Gasteiger partial charge in [-0.25, -0.2) is 4.98 Å². The number of aryl methyl sites for hydroxylation is 1. The zero-order valence-corrected chi connectivity index (χ0v) is 15.8. The second-order valence-electron chi connectivity index (χ2n) is 7.93. The first-order valence-corrected chi connectivity index (χ1v) is 9.91. The van der Waals surface area contributed by atoms with Crippen LogP contribution in [0.2, 0.25) is 0 Å². The number of nitrogens with one attached hydrogen (secondary N) is 1. The Kier molecular flexibility index (Phi) is 5.12. The number of aromatic nitrogens is 1. The predicted octanol–water partition coefficient (Wildman–Crippen LogP) is 4.13. The molecule has 1 heterocycles. The molecule has 1 amide bonds. The topological polar surface area (TPSA) is 77.2 Å². The Labute approximate surface area is 160 Å². The largest absolute Gasteiger partial charge is 0.439 e. The van der Waals surface area contributed by atoms with E-state index < -0.39 is 5.91 Å². The van der Waals surface area contributed by atoms with E-state index in [1.54, 1.807) is 12.1 Å². The van der Waals surface area contributed by atoms with Gasteiger partial charge >= 0.3 is 0 Å². The van der Waals surface area contributed by atoms with Crippen molar-refractivity contribution in [3.8, 4) is 11.6 Å². The van der Waals surface area contributed by atoms with Crippen LogP contribution in [0.3, 0.4) is 0 Å². The number of nitrogens with zero attached hydrogens (tertiary/aromatic N) is 1. The standard InChI is InChI=1S/C22H27N3O2/c1-14-2-6-17(7-3-14)25-20-10-4-15-12-18(8-9-19(15)20)27-21-11-5-16(13-24-21)22(23)26/h5,8-9,11-14,17,20,25H,2-4,6-7,10H2,1H3,(H2,23,26). The first-order valence-electron chi connectivity index (χ1n) is 9.91. The minimum absolute atomic E-state index is 0.377. The highest BCUT2D eigenvalue weighted by Gasteiger charge is 2.27. The van der Waals surface area contributed by atoms with Crippen molar-refractivity contribution in [2.45, 2.75) is 57.5 Å². The number of ether oxygens (including phenoxy) is 1. The van der Waals surface area contributed by atoms with Crippen LogP contribution in [0.1, 0.15) is 66.6 Å². The van der Waals surface area contributed by atoms with Gasteiger partial charge in [0.05, 0.1) is 5.56 Å². The SMILES string of the molecule is CC1CCC(NC2CCc3cc(Oc4ccc(C(N)=O)cn4)ccc32)CC1. The van der Waals surface area contributed by atoms with E-state index in [0.717, 1.165) is 24.5 Å². The van der Waals surface area contributed by atoms with E-state index >= 15 is 0 Å². The molecular weight excluding hydrogens is 338 g/mol. The zero-order chi connectivity index (χ0) is 18.8.